The van der Waals surface area contributed by atoms with Gasteiger partial charge in [0, 0.05) is 5.69 Å². The highest BCUT2D eigenvalue weighted by molar-refractivity contribution is 5.70. The van der Waals surface area contributed by atoms with Crippen LogP contribution in [0, 0.1) is 0 Å². The second-order valence-electron chi connectivity index (χ2n) is 4.42. The molecule has 2 aromatic rings. The van der Waals surface area contributed by atoms with Gasteiger partial charge >= 0.3 is 12.5 Å². The van der Waals surface area contributed by atoms with Crippen LogP contribution in [0.25, 0.3) is 11.1 Å². The minimum atomic E-state index is -4.88. The van der Waals surface area contributed by atoms with Crippen molar-refractivity contribution in [3.05, 3.63) is 48.0 Å². The second-order valence-corrected chi connectivity index (χ2v) is 4.42. The smallest absolute Gasteiger partial charge is 0.406 e. The van der Waals surface area contributed by atoms with Gasteiger partial charge in [-0.15, -0.1) is 13.2 Å². The number of alkyl halides is 6. The van der Waals surface area contributed by atoms with Crippen LogP contribution in [0.15, 0.2) is 42.5 Å². The van der Waals surface area contributed by atoms with E-state index in [4.69, 9.17) is 5.73 Å². The Morgan fingerprint density at radius 2 is 1.50 bits per heavy atom. The lowest BCUT2D eigenvalue weighted by Gasteiger charge is -2.12. The van der Waals surface area contributed by atoms with Crippen LogP contribution < -0.4 is 10.5 Å². The third kappa shape index (κ3) is 4.06. The van der Waals surface area contributed by atoms with Gasteiger partial charge in [-0.05, 0) is 41.5 Å². The number of hydrogen-bond acceptors (Lipinski definition) is 2. The number of anilines is 1. The molecule has 0 fully saturated rings. The number of ether oxygens (including phenoxy) is 1. The van der Waals surface area contributed by atoms with Crippen molar-refractivity contribution < 1.29 is 31.1 Å². The quantitative estimate of drug-likeness (QED) is 0.634. The van der Waals surface area contributed by atoms with Crippen molar-refractivity contribution in [2.75, 3.05) is 5.73 Å². The fourth-order valence-electron chi connectivity index (χ4n) is 1.85. The van der Waals surface area contributed by atoms with Gasteiger partial charge in [-0.3, -0.25) is 0 Å². The van der Waals surface area contributed by atoms with Gasteiger partial charge in [-0.1, -0.05) is 12.1 Å². The summed E-state index contributed by atoms with van der Waals surface area (Å²) in [6, 6.07) is 7.44. The summed E-state index contributed by atoms with van der Waals surface area (Å²) in [4.78, 5) is 0. The summed E-state index contributed by atoms with van der Waals surface area (Å²) in [5, 5.41) is 0. The molecule has 0 aromatic heterocycles. The summed E-state index contributed by atoms with van der Waals surface area (Å²) in [6.45, 7) is 0. The van der Waals surface area contributed by atoms with Crippen LogP contribution in [0.2, 0.25) is 0 Å². The minimum absolute atomic E-state index is 0.0416. The summed E-state index contributed by atoms with van der Waals surface area (Å²) >= 11 is 0. The Labute approximate surface area is 121 Å². The van der Waals surface area contributed by atoms with Crippen molar-refractivity contribution >= 4 is 5.69 Å². The van der Waals surface area contributed by atoms with Crippen molar-refractivity contribution in [1.82, 2.24) is 0 Å². The van der Waals surface area contributed by atoms with E-state index in [1.165, 1.54) is 18.2 Å². The molecule has 0 heterocycles. The van der Waals surface area contributed by atoms with Crippen LogP contribution in [-0.2, 0) is 6.18 Å². The largest absolute Gasteiger partial charge is 0.573 e. The lowest BCUT2D eigenvalue weighted by Crippen LogP contribution is -2.17. The number of halogens is 6. The Morgan fingerprint density at radius 1 is 0.818 bits per heavy atom. The lowest BCUT2D eigenvalue weighted by molar-refractivity contribution is -0.274. The third-order valence-electron chi connectivity index (χ3n) is 2.68. The molecule has 22 heavy (non-hydrogen) atoms. The zero-order chi connectivity index (χ0) is 16.5. The monoisotopic (exact) mass is 321 g/mol. The Balaban J connectivity index is 2.44. The Bertz CT molecular complexity index is 678. The van der Waals surface area contributed by atoms with E-state index in [1.807, 2.05) is 0 Å². The van der Waals surface area contributed by atoms with Gasteiger partial charge in [-0.25, -0.2) is 0 Å². The van der Waals surface area contributed by atoms with Gasteiger partial charge in [0.05, 0.1) is 5.56 Å². The van der Waals surface area contributed by atoms with E-state index < -0.39 is 23.9 Å². The van der Waals surface area contributed by atoms with E-state index in [0.29, 0.717) is 0 Å². The number of nitrogen functional groups attached to an aromatic ring is 1. The Kier molecular flexibility index (Phi) is 3.95. The maximum atomic E-state index is 12.7. The highest BCUT2D eigenvalue weighted by Crippen LogP contribution is 2.35. The van der Waals surface area contributed by atoms with Crippen molar-refractivity contribution in [2.45, 2.75) is 12.5 Å². The van der Waals surface area contributed by atoms with Gasteiger partial charge in [0.15, 0.2) is 0 Å². The van der Waals surface area contributed by atoms with Crippen molar-refractivity contribution in [3.63, 3.8) is 0 Å². The van der Waals surface area contributed by atoms with Crippen LogP contribution in [-0.4, -0.2) is 6.36 Å². The molecular formula is C14H9F6NO. The first-order chi connectivity index (χ1) is 10.0. The van der Waals surface area contributed by atoms with E-state index in [2.05, 4.69) is 4.74 Å². The first kappa shape index (κ1) is 16.0. The normalized spacial score (nSPS) is 12.3. The van der Waals surface area contributed by atoms with E-state index in [0.717, 1.165) is 24.3 Å². The van der Waals surface area contributed by atoms with Gasteiger partial charge in [0.1, 0.15) is 5.75 Å². The molecule has 0 saturated heterocycles. The molecule has 0 radical (unpaired) electrons. The van der Waals surface area contributed by atoms with Crippen molar-refractivity contribution in [1.29, 1.82) is 0 Å². The second kappa shape index (κ2) is 5.43. The summed E-state index contributed by atoms with van der Waals surface area (Å²) < 4.78 is 78.5. The highest BCUT2D eigenvalue weighted by Gasteiger charge is 2.32. The first-order valence-corrected chi connectivity index (χ1v) is 5.88. The highest BCUT2D eigenvalue weighted by atomic mass is 19.4. The number of benzene rings is 2. The molecule has 2 rings (SSSR count). The predicted molar refractivity (Wildman–Crippen MR) is 68.0 cm³/mol. The molecule has 0 saturated carbocycles. The SMILES string of the molecule is Nc1cc(-c2cccc(OC(F)(F)F)c2)cc(C(F)(F)F)c1. The summed E-state index contributed by atoms with van der Waals surface area (Å²) in [5.74, 6) is -0.527. The molecule has 0 atom stereocenters. The molecule has 0 spiro atoms. The molecule has 2 aromatic carbocycles. The molecule has 0 aliphatic carbocycles. The Morgan fingerprint density at radius 3 is 2.09 bits per heavy atom. The maximum absolute atomic E-state index is 12.7. The van der Waals surface area contributed by atoms with Crippen molar-refractivity contribution in [2.24, 2.45) is 0 Å². The summed E-state index contributed by atoms with van der Waals surface area (Å²) in [7, 11) is 0. The molecule has 2 nitrogen and oxygen atoms in total. The first-order valence-electron chi connectivity index (χ1n) is 5.88. The third-order valence-corrected chi connectivity index (χ3v) is 2.68. The zero-order valence-corrected chi connectivity index (χ0v) is 10.8. The number of hydrogen-bond donors (Lipinski definition) is 1. The van der Waals surface area contributed by atoms with Crippen LogP contribution in [0.1, 0.15) is 5.56 Å². The lowest BCUT2D eigenvalue weighted by atomic mass is 10.0. The predicted octanol–water partition coefficient (Wildman–Crippen LogP) is 4.85. The average molecular weight is 321 g/mol. The molecule has 2 N–H and O–H groups in total. The van der Waals surface area contributed by atoms with Crippen LogP contribution in [0.4, 0.5) is 32.0 Å². The zero-order valence-electron chi connectivity index (χ0n) is 10.8. The van der Waals surface area contributed by atoms with Gasteiger partial charge in [-0.2, -0.15) is 13.2 Å². The molecule has 0 bridgehead atoms. The van der Waals surface area contributed by atoms with Crippen LogP contribution in [0.3, 0.4) is 0 Å². The average Bonchev–Trinajstić information content (AvgIpc) is 2.35. The minimum Gasteiger partial charge on any atom is -0.406 e. The Hall–Kier alpha value is -2.38. The van der Waals surface area contributed by atoms with Crippen molar-refractivity contribution in [3.8, 4) is 16.9 Å². The van der Waals surface area contributed by atoms with Gasteiger partial charge < -0.3 is 10.5 Å². The van der Waals surface area contributed by atoms with Crippen LogP contribution >= 0.6 is 0 Å². The van der Waals surface area contributed by atoms with E-state index >= 15 is 0 Å². The standard InChI is InChI=1S/C14H9F6NO/c15-13(16,17)10-4-9(5-11(21)7-10)8-2-1-3-12(6-8)22-14(18,19)20/h1-7H,21H2. The topological polar surface area (TPSA) is 35.2 Å². The van der Waals surface area contributed by atoms with E-state index in [-0.39, 0.29) is 16.8 Å². The maximum Gasteiger partial charge on any atom is 0.573 e. The molecular weight excluding hydrogens is 312 g/mol. The molecule has 0 unspecified atom stereocenters. The fraction of sp³-hybridized carbons (Fsp3) is 0.143. The number of rotatable bonds is 2. The molecule has 0 amide bonds. The van der Waals surface area contributed by atoms with E-state index in [1.54, 1.807) is 0 Å². The molecule has 8 heteroatoms. The molecule has 0 aliphatic heterocycles. The van der Waals surface area contributed by atoms with E-state index in [9.17, 15) is 26.3 Å². The van der Waals surface area contributed by atoms with Gasteiger partial charge in [0.25, 0.3) is 0 Å². The summed E-state index contributed by atoms with van der Waals surface area (Å²) in [5.41, 5.74) is 4.46. The van der Waals surface area contributed by atoms with Gasteiger partial charge in [0.2, 0.25) is 0 Å². The fourth-order valence-corrected chi connectivity index (χ4v) is 1.85. The van der Waals surface area contributed by atoms with Crippen LogP contribution in [0.5, 0.6) is 5.75 Å². The molecule has 0 aliphatic rings. The number of nitrogens with two attached hydrogens (primary N) is 1. The molecule has 118 valence electrons. The summed E-state index contributed by atoms with van der Waals surface area (Å²) in [6.07, 6.45) is -9.49.